The minimum atomic E-state index is 0.629. The van der Waals surface area contributed by atoms with Gasteiger partial charge in [-0.2, -0.15) is 0 Å². The number of hydrogen-bond acceptors (Lipinski definition) is 3. The van der Waals surface area contributed by atoms with Crippen LogP contribution < -0.4 is 5.73 Å². The molecule has 0 aliphatic carbocycles. The van der Waals surface area contributed by atoms with E-state index in [0.29, 0.717) is 5.13 Å². The quantitative estimate of drug-likeness (QED) is 0.851. The molecule has 2 N–H and O–H groups in total. The van der Waals surface area contributed by atoms with E-state index in [9.17, 15) is 0 Å². The van der Waals surface area contributed by atoms with Crippen molar-refractivity contribution >= 4 is 42.6 Å². The first-order chi connectivity index (χ1) is 6.20. The zero-order valence-corrected chi connectivity index (χ0v) is 9.58. The summed E-state index contributed by atoms with van der Waals surface area (Å²) in [5, 5.41) is 0.629. The fraction of sp³-hybridized carbons (Fsp3) is 0.222. The lowest BCUT2D eigenvalue weighted by molar-refractivity contribution is 1.14. The van der Waals surface area contributed by atoms with E-state index >= 15 is 0 Å². The van der Waals surface area contributed by atoms with Crippen LogP contribution in [0.1, 0.15) is 12.5 Å². The molecule has 0 unspecified atom stereocenters. The van der Waals surface area contributed by atoms with Crippen LogP contribution >= 0.6 is 27.3 Å². The van der Waals surface area contributed by atoms with Crippen molar-refractivity contribution in [2.24, 2.45) is 0 Å². The van der Waals surface area contributed by atoms with Crippen LogP contribution in [0, 0.1) is 0 Å². The van der Waals surface area contributed by atoms with Gasteiger partial charge in [0.1, 0.15) is 0 Å². The van der Waals surface area contributed by atoms with Crippen molar-refractivity contribution in [3.8, 4) is 0 Å². The summed E-state index contributed by atoms with van der Waals surface area (Å²) < 4.78 is 2.19. The normalized spacial score (nSPS) is 10.9. The average molecular weight is 257 g/mol. The molecule has 0 fully saturated rings. The predicted molar refractivity (Wildman–Crippen MR) is 61.1 cm³/mol. The molecular weight excluding hydrogens is 248 g/mol. The topological polar surface area (TPSA) is 38.9 Å². The molecule has 0 aliphatic heterocycles. The summed E-state index contributed by atoms with van der Waals surface area (Å²) in [6.07, 6.45) is 1.03. The third kappa shape index (κ3) is 1.56. The number of rotatable bonds is 1. The molecule has 2 rings (SSSR count). The Bertz CT molecular complexity index is 450. The van der Waals surface area contributed by atoms with Gasteiger partial charge in [0, 0.05) is 4.47 Å². The number of hydrogen-bond donors (Lipinski definition) is 1. The van der Waals surface area contributed by atoms with Crippen LogP contribution in [-0.4, -0.2) is 4.98 Å². The van der Waals surface area contributed by atoms with Gasteiger partial charge in [-0.05, 0) is 40.0 Å². The highest BCUT2D eigenvalue weighted by molar-refractivity contribution is 9.10. The minimum absolute atomic E-state index is 0.629. The number of aryl methyl sites for hydroxylation is 1. The van der Waals surface area contributed by atoms with Gasteiger partial charge in [-0.3, -0.25) is 0 Å². The van der Waals surface area contributed by atoms with Crippen LogP contribution in [-0.2, 0) is 6.42 Å². The largest absolute Gasteiger partial charge is 0.375 e. The van der Waals surface area contributed by atoms with Gasteiger partial charge in [0.2, 0.25) is 0 Å². The van der Waals surface area contributed by atoms with E-state index in [-0.39, 0.29) is 0 Å². The van der Waals surface area contributed by atoms with Gasteiger partial charge in [0.15, 0.2) is 5.13 Å². The van der Waals surface area contributed by atoms with E-state index in [2.05, 4.69) is 40.0 Å². The number of nitrogens with two attached hydrogens (primary N) is 1. The molecular formula is C9H9BrN2S. The van der Waals surface area contributed by atoms with Crippen molar-refractivity contribution in [3.05, 3.63) is 22.2 Å². The standard InChI is InChI=1S/C9H9BrN2S/c1-2-5-3-6(10)8-7(4-5)13-9(11)12-8/h3-4H,2H2,1H3,(H2,11,12). The molecule has 4 heteroatoms. The molecule has 0 saturated carbocycles. The lowest BCUT2D eigenvalue weighted by atomic mass is 10.2. The van der Waals surface area contributed by atoms with Crippen molar-refractivity contribution in [1.82, 2.24) is 4.98 Å². The number of nitrogen functional groups attached to an aromatic ring is 1. The Morgan fingerprint density at radius 2 is 2.31 bits per heavy atom. The van der Waals surface area contributed by atoms with Crippen LogP contribution in [0.25, 0.3) is 10.2 Å². The smallest absolute Gasteiger partial charge is 0.181 e. The third-order valence-corrected chi connectivity index (χ3v) is 3.37. The van der Waals surface area contributed by atoms with Crippen molar-refractivity contribution in [1.29, 1.82) is 0 Å². The monoisotopic (exact) mass is 256 g/mol. The second-order valence-corrected chi connectivity index (χ2v) is 4.75. The molecule has 0 spiro atoms. The van der Waals surface area contributed by atoms with Crippen molar-refractivity contribution in [2.45, 2.75) is 13.3 Å². The van der Waals surface area contributed by atoms with Crippen LogP contribution in [0.4, 0.5) is 5.13 Å². The average Bonchev–Trinajstić information content (AvgIpc) is 2.46. The first-order valence-electron chi connectivity index (χ1n) is 4.05. The van der Waals surface area contributed by atoms with Gasteiger partial charge in [-0.1, -0.05) is 18.3 Å². The maximum absolute atomic E-state index is 5.64. The summed E-state index contributed by atoms with van der Waals surface area (Å²) in [5.41, 5.74) is 7.92. The van der Waals surface area contributed by atoms with E-state index in [4.69, 9.17) is 5.73 Å². The van der Waals surface area contributed by atoms with Crippen molar-refractivity contribution < 1.29 is 0 Å². The molecule has 0 amide bonds. The number of fused-ring (bicyclic) bond motifs is 1. The molecule has 2 aromatic rings. The molecule has 1 heterocycles. The summed E-state index contributed by atoms with van der Waals surface area (Å²) in [7, 11) is 0. The molecule has 1 aromatic carbocycles. The number of anilines is 1. The van der Waals surface area contributed by atoms with Gasteiger partial charge in [0.05, 0.1) is 10.2 Å². The van der Waals surface area contributed by atoms with Gasteiger partial charge in [0.25, 0.3) is 0 Å². The SMILES string of the molecule is CCc1cc(Br)c2nc(N)sc2c1. The number of aromatic nitrogens is 1. The summed E-state index contributed by atoms with van der Waals surface area (Å²) >= 11 is 5.02. The summed E-state index contributed by atoms with van der Waals surface area (Å²) in [6.45, 7) is 2.14. The van der Waals surface area contributed by atoms with E-state index in [1.165, 1.54) is 16.9 Å². The minimum Gasteiger partial charge on any atom is -0.375 e. The highest BCUT2D eigenvalue weighted by Gasteiger charge is 2.05. The lowest BCUT2D eigenvalue weighted by Crippen LogP contribution is -1.82. The van der Waals surface area contributed by atoms with E-state index in [0.717, 1.165) is 21.1 Å². The Hall–Kier alpha value is -0.610. The van der Waals surface area contributed by atoms with Crippen LogP contribution in [0.15, 0.2) is 16.6 Å². The third-order valence-electron chi connectivity index (χ3n) is 1.93. The second-order valence-electron chi connectivity index (χ2n) is 2.83. The fourth-order valence-corrected chi connectivity index (χ4v) is 2.82. The highest BCUT2D eigenvalue weighted by atomic mass is 79.9. The number of thiazole rings is 1. The maximum atomic E-state index is 5.64. The van der Waals surface area contributed by atoms with Gasteiger partial charge >= 0.3 is 0 Å². The fourth-order valence-electron chi connectivity index (χ4n) is 1.26. The van der Waals surface area contributed by atoms with Crippen LogP contribution in [0.5, 0.6) is 0 Å². The lowest BCUT2D eigenvalue weighted by Gasteiger charge is -1.97. The summed E-state index contributed by atoms with van der Waals surface area (Å²) in [4.78, 5) is 4.24. The second kappa shape index (κ2) is 3.27. The first-order valence-corrected chi connectivity index (χ1v) is 5.66. The highest BCUT2D eigenvalue weighted by Crippen LogP contribution is 2.31. The molecule has 68 valence electrons. The molecule has 0 aliphatic rings. The van der Waals surface area contributed by atoms with Crippen molar-refractivity contribution in [2.75, 3.05) is 5.73 Å². The molecule has 13 heavy (non-hydrogen) atoms. The van der Waals surface area contributed by atoms with E-state index in [1.807, 2.05) is 0 Å². The molecule has 0 radical (unpaired) electrons. The van der Waals surface area contributed by atoms with Gasteiger partial charge < -0.3 is 5.73 Å². The zero-order valence-electron chi connectivity index (χ0n) is 7.17. The number of nitrogens with zero attached hydrogens (tertiary/aromatic N) is 1. The Labute approximate surface area is 88.9 Å². The molecule has 0 saturated heterocycles. The van der Waals surface area contributed by atoms with Crippen LogP contribution in [0.2, 0.25) is 0 Å². The maximum Gasteiger partial charge on any atom is 0.181 e. The Kier molecular flexibility index (Phi) is 2.26. The first kappa shape index (κ1) is 8.97. The Morgan fingerprint density at radius 3 is 3.00 bits per heavy atom. The molecule has 2 nitrogen and oxygen atoms in total. The van der Waals surface area contributed by atoms with E-state index < -0.39 is 0 Å². The zero-order chi connectivity index (χ0) is 9.42. The predicted octanol–water partition coefficient (Wildman–Crippen LogP) is 3.20. The molecule has 1 aromatic heterocycles. The van der Waals surface area contributed by atoms with Gasteiger partial charge in [-0.15, -0.1) is 0 Å². The van der Waals surface area contributed by atoms with Crippen LogP contribution in [0.3, 0.4) is 0 Å². The molecule has 0 bridgehead atoms. The Morgan fingerprint density at radius 1 is 1.54 bits per heavy atom. The summed E-state index contributed by atoms with van der Waals surface area (Å²) in [6, 6.07) is 4.25. The number of halogens is 1. The van der Waals surface area contributed by atoms with Gasteiger partial charge in [-0.25, -0.2) is 4.98 Å². The number of benzene rings is 1. The molecule has 0 atom stereocenters. The van der Waals surface area contributed by atoms with Crippen molar-refractivity contribution in [3.63, 3.8) is 0 Å². The van der Waals surface area contributed by atoms with E-state index in [1.54, 1.807) is 0 Å². The Balaban J connectivity index is 2.75. The summed E-state index contributed by atoms with van der Waals surface area (Å²) in [5.74, 6) is 0.